The molecule has 0 N–H and O–H groups in total. The Bertz CT molecular complexity index is 884. The molecule has 1 aromatic carbocycles. The van der Waals surface area contributed by atoms with Crippen LogP contribution in [0.15, 0.2) is 35.5 Å². The number of nitrogens with zero attached hydrogens (tertiary/aromatic N) is 5. The standard InChI is InChI=1S/C16H19N5O/c1-11-5-6-12(2)15(7-11)21-10-17-16(22)20(21)9-14-8-18-19(4)13(14)3/h5-8,10H,9H2,1-4H3. The Labute approximate surface area is 128 Å². The average molecular weight is 297 g/mol. The minimum absolute atomic E-state index is 0.260. The maximum absolute atomic E-state index is 12.1. The van der Waals surface area contributed by atoms with Gasteiger partial charge in [-0.15, -0.1) is 0 Å². The molecule has 0 spiro atoms. The van der Waals surface area contributed by atoms with E-state index in [9.17, 15) is 4.79 Å². The summed E-state index contributed by atoms with van der Waals surface area (Å²) in [7, 11) is 1.89. The van der Waals surface area contributed by atoms with E-state index in [2.05, 4.69) is 28.3 Å². The van der Waals surface area contributed by atoms with Crippen molar-refractivity contribution in [2.45, 2.75) is 27.3 Å². The highest BCUT2D eigenvalue weighted by atomic mass is 16.2. The van der Waals surface area contributed by atoms with E-state index in [1.807, 2.05) is 32.5 Å². The molecule has 22 heavy (non-hydrogen) atoms. The summed E-state index contributed by atoms with van der Waals surface area (Å²) in [5.41, 5.74) is 5.00. The van der Waals surface area contributed by atoms with Gasteiger partial charge in [0.15, 0.2) is 0 Å². The van der Waals surface area contributed by atoms with Crippen molar-refractivity contribution in [1.29, 1.82) is 0 Å². The van der Waals surface area contributed by atoms with E-state index in [1.54, 1.807) is 21.9 Å². The molecule has 0 amide bonds. The van der Waals surface area contributed by atoms with Crippen molar-refractivity contribution < 1.29 is 0 Å². The predicted molar refractivity (Wildman–Crippen MR) is 84.3 cm³/mol. The second kappa shape index (κ2) is 5.29. The van der Waals surface area contributed by atoms with Crippen LogP contribution in [0.4, 0.5) is 0 Å². The molecule has 0 aliphatic heterocycles. The summed E-state index contributed by atoms with van der Waals surface area (Å²) in [5.74, 6) is 0. The number of rotatable bonds is 3. The fourth-order valence-corrected chi connectivity index (χ4v) is 2.49. The Morgan fingerprint density at radius 2 is 1.95 bits per heavy atom. The molecule has 0 saturated heterocycles. The van der Waals surface area contributed by atoms with Gasteiger partial charge in [0.25, 0.3) is 0 Å². The van der Waals surface area contributed by atoms with Gasteiger partial charge >= 0.3 is 5.69 Å². The highest BCUT2D eigenvalue weighted by Gasteiger charge is 2.12. The van der Waals surface area contributed by atoms with Gasteiger partial charge in [0.1, 0.15) is 6.33 Å². The van der Waals surface area contributed by atoms with Crippen LogP contribution < -0.4 is 5.69 Å². The first kappa shape index (κ1) is 14.3. The maximum Gasteiger partial charge on any atom is 0.364 e. The lowest BCUT2D eigenvalue weighted by Gasteiger charge is -2.13. The summed E-state index contributed by atoms with van der Waals surface area (Å²) in [6, 6.07) is 6.17. The summed E-state index contributed by atoms with van der Waals surface area (Å²) in [5, 5.41) is 4.23. The molecular formula is C16H19N5O. The zero-order valence-corrected chi connectivity index (χ0v) is 13.2. The lowest BCUT2D eigenvalue weighted by Crippen LogP contribution is -2.24. The van der Waals surface area contributed by atoms with Gasteiger partial charge in [0.2, 0.25) is 0 Å². The molecule has 0 radical (unpaired) electrons. The third-order valence-electron chi connectivity index (χ3n) is 4.03. The maximum atomic E-state index is 12.1. The largest absolute Gasteiger partial charge is 0.364 e. The van der Waals surface area contributed by atoms with E-state index in [0.29, 0.717) is 6.54 Å². The van der Waals surface area contributed by atoms with Gasteiger partial charge in [-0.3, -0.25) is 4.68 Å². The fourth-order valence-electron chi connectivity index (χ4n) is 2.49. The smallest absolute Gasteiger partial charge is 0.273 e. The molecule has 0 unspecified atom stereocenters. The summed E-state index contributed by atoms with van der Waals surface area (Å²) in [4.78, 5) is 16.1. The van der Waals surface area contributed by atoms with Crippen LogP contribution in [0, 0.1) is 20.8 Å². The lowest BCUT2D eigenvalue weighted by atomic mass is 10.1. The number of aromatic nitrogens is 5. The summed E-state index contributed by atoms with van der Waals surface area (Å²) >= 11 is 0. The minimum atomic E-state index is -0.260. The molecule has 3 rings (SSSR count). The Balaban J connectivity index is 2.10. The third kappa shape index (κ3) is 2.36. The molecule has 0 atom stereocenters. The molecule has 0 saturated carbocycles. The van der Waals surface area contributed by atoms with Gasteiger partial charge in [-0.2, -0.15) is 10.1 Å². The summed E-state index contributed by atoms with van der Waals surface area (Å²) in [6.45, 7) is 6.50. The van der Waals surface area contributed by atoms with Gasteiger partial charge in [-0.25, -0.2) is 14.2 Å². The van der Waals surface area contributed by atoms with Gasteiger partial charge in [-0.1, -0.05) is 12.1 Å². The molecule has 2 aromatic heterocycles. The van der Waals surface area contributed by atoms with E-state index < -0.39 is 0 Å². The topological polar surface area (TPSA) is 57.6 Å². The van der Waals surface area contributed by atoms with Crippen LogP contribution in [0.5, 0.6) is 0 Å². The van der Waals surface area contributed by atoms with Crippen molar-refractivity contribution in [2.24, 2.45) is 7.05 Å². The van der Waals surface area contributed by atoms with Gasteiger partial charge in [-0.05, 0) is 38.0 Å². The van der Waals surface area contributed by atoms with Crippen molar-refractivity contribution in [1.82, 2.24) is 24.1 Å². The van der Waals surface area contributed by atoms with Crippen molar-refractivity contribution >= 4 is 0 Å². The van der Waals surface area contributed by atoms with Gasteiger partial charge in [0.05, 0.1) is 18.4 Å². The molecule has 114 valence electrons. The summed E-state index contributed by atoms with van der Waals surface area (Å²) < 4.78 is 5.25. The molecule has 0 aliphatic rings. The predicted octanol–water partition coefficient (Wildman–Crippen LogP) is 1.74. The minimum Gasteiger partial charge on any atom is -0.273 e. The number of hydrogen-bond acceptors (Lipinski definition) is 3. The first-order chi connectivity index (χ1) is 10.5. The molecule has 6 nitrogen and oxygen atoms in total. The highest BCUT2D eigenvalue weighted by Crippen LogP contribution is 2.16. The average Bonchev–Trinajstić information content (AvgIpc) is 3.00. The second-order valence-corrected chi connectivity index (χ2v) is 5.60. The first-order valence-corrected chi connectivity index (χ1v) is 7.17. The molecule has 0 bridgehead atoms. The van der Waals surface area contributed by atoms with Crippen LogP contribution in [0.2, 0.25) is 0 Å². The Morgan fingerprint density at radius 1 is 1.18 bits per heavy atom. The monoisotopic (exact) mass is 297 g/mol. The fraction of sp³-hybridized carbons (Fsp3) is 0.312. The van der Waals surface area contributed by atoms with Crippen LogP contribution in [0.3, 0.4) is 0 Å². The van der Waals surface area contributed by atoms with Crippen molar-refractivity contribution in [2.75, 3.05) is 0 Å². The number of hydrogen-bond donors (Lipinski definition) is 0. The van der Waals surface area contributed by atoms with Crippen LogP contribution >= 0.6 is 0 Å². The van der Waals surface area contributed by atoms with E-state index in [0.717, 1.165) is 28.1 Å². The van der Waals surface area contributed by atoms with Crippen LogP contribution in [-0.2, 0) is 13.6 Å². The number of benzene rings is 1. The molecule has 0 aliphatic carbocycles. The zero-order chi connectivity index (χ0) is 15.9. The molecular weight excluding hydrogens is 278 g/mol. The van der Waals surface area contributed by atoms with Gasteiger partial charge in [0, 0.05) is 18.3 Å². The third-order valence-corrected chi connectivity index (χ3v) is 4.03. The van der Waals surface area contributed by atoms with Gasteiger partial charge < -0.3 is 0 Å². The Kier molecular flexibility index (Phi) is 3.44. The molecule has 3 aromatic rings. The second-order valence-electron chi connectivity index (χ2n) is 5.60. The molecule has 6 heteroatoms. The van der Waals surface area contributed by atoms with Crippen LogP contribution in [0.1, 0.15) is 22.4 Å². The van der Waals surface area contributed by atoms with Crippen LogP contribution in [-0.4, -0.2) is 24.1 Å². The van der Waals surface area contributed by atoms with Crippen molar-refractivity contribution in [3.8, 4) is 5.69 Å². The SMILES string of the molecule is Cc1ccc(C)c(-n2cnc(=O)n2Cc2cnn(C)c2C)c1. The van der Waals surface area contributed by atoms with Crippen molar-refractivity contribution in [3.63, 3.8) is 0 Å². The van der Waals surface area contributed by atoms with E-state index in [1.165, 1.54) is 0 Å². The highest BCUT2D eigenvalue weighted by molar-refractivity contribution is 5.42. The van der Waals surface area contributed by atoms with E-state index in [4.69, 9.17) is 0 Å². The Morgan fingerprint density at radius 3 is 2.64 bits per heavy atom. The Hall–Kier alpha value is -2.63. The normalized spacial score (nSPS) is 11.1. The van der Waals surface area contributed by atoms with Crippen LogP contribution in [0.25, 0.3) is 5.69 Å². The van der Waals surface area contributed by atoms with E-state index >= 15 is 0 Å². The molecule has 2 heterocycles. The zero-order valence-electron chi connectivity index (χ0n) is 13.2. The molecule has 0 fully saturated rings. The first-order valence-electron chi connectivity index (χ1n) is 7.17. The van der Waals surface area contributed by atoms with Crippen molar-refractivity contribution in [3.05, 3.63) is 63.6 Å². The van der Waals surface area contributed by atoms with E-state index in [-0.39, 0.29) is 5.69 Å². The lowest BCUT2D eigenvalue weighted by molar-refractivity contribution is 0.580. The quantitative estimate of drug-likeness (QED) is 0.740. The number of aryl methyl sites for hydroxylation is 3. The summed E-state index contributed by atoms with van der Waals surface area (Å²) in [6.07, 6.45) is 3.37.